The predicted molar refractivity (Wildman–Crippen MR) is 158 cm³/mol. The lowest BCUT2D eigenvalue weighted by atomic mass is 10.1. The first-order valence-electron chi connectivity index (χ1n) is 13.3. The Morgan fingerprint density at radius 3 is 2.58 bits per heavy atom. The molecule has 4 rings (SSSR count). The first-order chi connectivity index (χ1) is 19.1. The Bertz CT molecular complexity index is 1330. The molecule has 40 heavy (non-hydrogen) atoms. The molecule has 2 amide bonds. The van der Waals surface area contributed by atoms with Crippen LogP contribution in [0.3, 0.4) is 0 Å². The van der Waals surface area contributed by atoms with E-state index in [9.17, 15) is 9.59 Å². The predicted octanol–water partition coefficient (Wildman–Crippen LogP) is 5.67. The Balaban J connectivity index is 1.54. The van der Waals surface area contributed by atoms with E-state index >= 15 is 0 Å². The molecule has 0 saturated heterocycles. The van der Waals surface area contributed by atoms with Crippen LogP contribution in [0.25, 0.3) is 0 Å². The zero-order valence-electron chi connectivity index (χ0n) is 24.0. The van der Waals surface area contributed by atoms with Gasteiger partial charge in [0.25, 0.3) is 5.91 Å². The van der Waals surface area contributed by atoms with E-state index in [1.165, 1.54) is 11.8 Å². The largest absolute Gasteiger partial charge is 0.486 e. The van der Waals surface area contributed by atoms with Gasteiger partial charge in [0.05, 0.1) is 0 Å². The smallest absolute Gasteiger partial charge is 0.410 e. The van der Waals surface area contributed by atoms with Crippen molar-refractivity contribution in [3.8, 4) is 5.75 Å². The highest BCUT2D eigenvalue weighted by atomic mass is 32.2. The molecule has 0 spiro atoms. The standard InChI is InChI=1S/C30H37N5O4S/c1-30(2,3)39-29(37)34(5)16-15-25(21-11-8-7-9-12-21)38-23-14-10-13-22(19-23)35-18-17-33(4)26-24(27(35)36)20-31-28(32-26)40-6/h7-14,19-20,25H,15-18H2,1-6H3/t25-/m1/s1. The molecule has 0 unspecified atom stereocenters. The number of nitrogens with zero attached hydrogens (tertiary/aromatic N) is 5. The minimum absolute atomic E-state index is 0.150. The molecule has 1 aromatic heterocycles. The van der Waals surface area contributed by atoms with E-state index in [0.717, 1.165) is 11.3 Å². The van der Waals surface area contributed by atoms with E-state index < -0.39 is 5.60 Å². The lowest BCUT2D eigenvalue weighted by molar-refractivity contribution is 0.0278. The third-order valence-electron chi connectivity index (χ3n) is 6.44. The lowest BCUT2D eigenvalue weighted by Gasteiger charge is -2.27. The van der Waals surface area contributed by atoms with Gasteiger partial charge in [-0.1, -0.05) is 48.2 Å². The van der Waals surface area contributed by atoms with Gasteiger partial charge in [-0.25, -0.2) is 14.8 Å². The summed E-state index contributed by atoms with van der Waals surface area (Å²) in [6.45, 7) is 7.11. The van der Waals surface area contributed by atoms with E-state index in [4.69, 9.17) is 9.47 Å². The number of thioether (sulfide) groups is 1. The van der Waals surface area contributed by atoms with Crippen molar-refractivity contribution in [2.45, 2.75) is 44.1 Å². The first-order valence-corrected chi connectivity index (χ1v) is 14.5. The zero-order chi connectivity index (χ0) is 28.9. The van der Waals surface area contributed by atoms with Crippen LogP contribution in [-0.2, 0) is 4.74 Å². The van der Waals surface area contributed by atoms with E-state index in [-0.39, 0.29) is 18.1 Å². The second kappa shape index (κ2) is 12.6. The SMILES string of the molecule is CSc1ncc2c(n1)N(C)CCN(c1cccc(O[C@H](CCN(C)C(=O)OC(C)(C)C)c3ccccc3)c1)C2=O. The Labute approximate surface area is 240 Å². The van der Waals surface area contributed by atoms with Gasteiger partial charge in [0.2, 0.25) is 0 Å². The second-order valence-corrected chi connectivity index (χ2v) is 11.5. The van der Waals surface area contributed by atoms with Gasteiger partial charge < -0.3 is 24.2 Å². The summed E-state index contributed by atoms with van der Waals surface area (Å²) in [4.78, 5) is 40.3. The summed E-state index contributed by atoms with van der Waals surface area (Å²) < 4.78 is 12.0. The molecule has 10 heteroatoms. The highest BCUT2D eigenvalue weighted by Gasteiger charge is 2.28. The van der Waals surface area contributed by atoms with Crippen molar-refractivity contribution < 1.29 is 19.1 Å². The monoisotopic (exact) mass is 563 g/mol. The number of aromatic nitrogens is 2. The quantitative estimate of drug-likeness (QED) is 0.256. The van der Waals surface area contributed by atoms with E-state index in [2.05, 4.69) is 9.97 Å². The molecule has 0 radical (unpaired) electrons. The highest BCUT2D eigenvalue weighted by molar-refractivity contribution is 7.98. The van der Waals surface area contributed by atoms with Crippen LogP contribution in [0.5, 0.6) is 5.75 Å². The van der Waals surface area contributed by atoms with E-state index in [1.807, 2.05) is 93.6 Å². The number of hydrogen-bond acceptors (Lipinski definition) is 8. The molecule has 0 fully saturated rings. The molecule has 0 bridgehead atoms. The van der Waals surface area contributed by atoms with Crippen LogP contribution in [0.1, 0.15) is 49.2 Å². The van der Waals surface area contributed by atoms with Crippen molar-refractivity contribution in [3.63, 3.8) is 0 Å². The van der Waals surface area contributed by atoms with Crippen LogP contribution in [0.15, 0.2) is 66.0 Å². The van der Waals surface area contributed by atoms with Crippen molar-refractivity contribution in [1.29, 1.82) is 0 Å². The molecule has 212 valence electrons. The second-order valence-electron chi connectivity index (χ2n) is 10.7. The fourth-order valence-corrected chi connectivity index (χ4v) is 4.67. The molecule has 0 aliphatic carbocycles. The van der Waals surface area contributed by atoms with Crippen molar-refractivity contribution in [2.24, 2.45) is 0 Å². The normalized spacial score (nSPS) is 14.3. The number of hydrogen-bond donors (Lipinski definition) is 0. The van der Waals surface area contributed by atoms with Gasteiger partial charge in [0, 0.05) is 58.1 Å². The Morgan fingerprint density at radius 1 is 1.12 bits per heavy atom. The number of carbonyl (C=O) groups excluding carboxylic acids is 2. The van der Waals surface area contributed by atoms with Crippen molar-refractivity contribution in [2.75, 3.05) is 49.8 Å². The summed E-state index contributed by atoms with van der Waals surface area (Å²) in [6, 6.07) is 17.5. The van der Waals surface area contributed by atoms with Crippen LogP contribution >= 0.6 is 11.8 Å². The van der Waals surface area contributed by atoms with Crippen LogP contribution in [0.4, 0.5) is 16.3 Å². The van der Waals surface area contributed by atoms with Crippen LogP contribution in [0, 0.1) is 0 Å². The number of ether oxygens (including phenoxy) is 2. The molecule has 3 aromatic rings. The number of carbonyl (C=O) groups is 2. The Morgan fingerprint density at radius 2 is 1.88 bits per heavy atom. The molecule has 9 nitrogen and oxygen atoms in total. The zero-order valence-corrected chi connectivity index (χ0v) is 24.8. The van der Waals surface area contributed by atoms with Crippen LogP contribution in [0.2, 0.25) is 0 Å². The molecule has 0 N–H and O–H groups in total. The number of fused-ring (bicyclic) bond motifs is 1. The number of likely N-dealkylation sites (N-methyl/N-ethyl adjacent to an activating group) is 1. The molecule has 1 aliphatic heterocycles. The maximum Gasteiger partial charge on any atom is 0.410 e. The number of amides is 2. The minimum Gasteiger partial charge on any atom is -0.486 e. The van der Waals surface area contributed by atoms with Crippen LogP contribution in [-0.4, -0.2) is 72.5 Å². The average molecular weight is 564 g/mol. The summed E-state index contributed by atoms with van der Waals surface area (Å²) in [5.74, 6) is 1.12. The molecule has 0 saturated carbocycles. The van der Waals surface area contributed by atoms with Gasteiger partial charge in [-0.2, -0.15) is 0 Å². The summed E-state index contributed by atoms with van der Waals surface area (Å²) in [7, 11) is 3.66. The molecular formula is C30H37N5O4S. The van der Waals surface area contributed by atoms with Crippen LogP contribution < -0.4 is 14.5 Å². The summed E-state index contributed by atoms with van der Waals surface area (Å²) >= 11 is 1.44. The maximum atomic E-state index is 13.6. The van der Waals surface area contributed by atoms with Gasteiger partial charge in [-0.05, 0) is 44.7 Å². The lowest BCUT2D eigenvalue weighted by Crippen LogP contribution is -2.35. The molecule has 2 aromatic carbocycles. The minimum atomic E-state index is -0.565. The molecule has 1 atom stereocenters. The van der Waals surface area contributed by atoms with Crippen molar-refractivity contribution in [1.82, 2.24) is 14.9 Å². The van der Waals surface area contributed by atoms with Gasteiger partial charge >= 0.3 is 6.09 Å². The number of rotatable bonds is 8. The highest BCUT2D eigenvalue weighted by Crippen LogP contribution is 2.31. The topological polar surface area (TPSA) is 88.1 Å². The Kier molecular flexibility index (Phi) is 9.19. The maximum absolute atomic E-state index is 13.6. The van der Waals surface area contributed by atoms with Gasteiger partial charge in [-0.3, -0.25) is 4.79 Å². The number of benzene rings is 2. The fraction of sp³-hybridized carbons (Fsp3) is 0.400. The van der Waals surface area contributed by atoms with Gasteiger partial charge in [-0.15, -0.1) is 0 Å². The average Bonchev–Trinajstić information content (AvgIpc) is 3.06. The third kappa shape index (κ3) is 7.24. The van der Waals surface area contributed by atoms with Gasteiger partial charge in [0.1, 0.15) is 28.8 Å². The first kappa shape index (κ1) is 29.2. The van der Waals surface area contributed by atoms with Gasteiger partial charge in [0.15, 0.2) is 5.16 Å². The molecular weight excluding hydrogens is 526 g/mol. The molecule has 2 heterocycles. The van der Waals surface area contributed by atoms with E-state index in [0.29, 0.717) is 48.3 Å². The summed E-state index contributed by atoms with van der Waals surface area (Å²) in [6.07, 6.45) is 3.39. The van der Waals surface area contributed by atoms with E-state index in [1.54, 1.807) is 23.0 Å². The van der Waals surface area contributed by atoms with Crippen molar-refractivity contribution >= 4 is 35.3 Å². The number of anilines is 2. The third-order valence-corrected chi connectivity index (χ3v) is 7.00. The summed E-state index contributed by atoms with van der Waals surface area (Å²) in [5, 5.41) is 0.631. The fourth-order valence-electron chi connectivity index (χ4n) is 4.34. The molecule has 1 aliphatic rings. The summed E-state index contributed by atoms with van der Waals surface area (Å²) in [5.41, 5.74) is 1.63. The van der Waals surface area contributed by atoms with Crippen molar-refractivity contribution in [3.05, 3.63) is 71.9 Å². The Hall–Kier alpha value is -3.79.